The molecule has 0 radical (unpaired) electrons. The number of H-pyrrole nitrogens is 1. The lowest BCUT2D eigenvalue weighted by Crippen LogP contribution is -2.35. The van der Waals surface area contributed by atoms with Crippen LogP contribution in [0.15, 0.2) is 83.7 Å². The van der Waals surface area contributed by atoms with Gasteiger partial charge in [0.25, 0.3) is 5.56 Å². The number of fused-ring (bicyclic) bond motifs is 1. The Morgan fingerprint density at radius 1 is 0.906 bits per heavy atom. The zero-order valence-corrected chi connectivity index (χ0v) is 18.4. The Kier molecular flexibility index (Phi) is 6.36. The third-order valence-corrected chi connectivity index (χ3v) is 5.56. The van der Waals surface area contributed by atoms with E-state index in [2.05, 4.69) is 23.3 Å². The molecule has 4 aromatic rings. The summed E-state index contributed by atoms with van der Waals surface area (Å²) in [6, 6.07) is 25.1. The van der Waals surface area contributed by atoms with Gasteiger partial charge in [0.2, 0.25) is 0 Å². The van der Waals surface area contributed by atoms with E-state index in [1.165, 1.54) is 5.56 Å². The summed E-state index contributed by atoms with van der Waals surface area (Å²) in [4.78, 5) is 30.6. The summed E-state index contributed by atoms with van der Waals surface area (Å²) in [5.41, 5.74) is 5.26. The second-order valence-electron chi connectivity index (χ2n) is 8.04. The third-order valence-electron chi connectivity index (χ3n) is 5.56. The van der Waals surface area contributed by atoms with Crippen molar-refractivity contribution in [3.63, 3.8) is 0 Å². The van der Waals surface area contributed by atoms with Crippen molar-refractivity contribution < 1.29 is 4.79 Å². The molecule has 5 heteroatoms. The Balaban J connectivity index is 1.65. The molecule has 0 atom stereocenters. The topological polar surface area (TPSA) is 65.2 Å². The lowest BCUT2D eigenvalue weighted by molar-refractivity contribution is 0.206. The Bertz CT molecular complexity index is 1280. The number of benzene rings is 3. The summed E-state index contributed by atoms with van der Waals surface area (Å²) in [5, 5.41) is 3.91. The lowest BCUT2D eigenvalue weighted by Gasteiger charge is -2.23. The first-order valence-electron chi connectivity index (χ1n) is 10.8. The highest BCUT2D eigenvalue weighted by Crippen LogP contribution is 2.17. The van der Waals surface area contributed by atoms with Crippen LogP contribution >= 0.6 is 0 Å². The number of hydrogen-bond acceptors (Lipinski definition) is 2. The fraction of sp³-hybridized carbons (Fsp3) is 0.185. The van der Waals surface area contributed by atoms with Gasteiger partial charge in [-0.3, -0.25) is 4.79 Å². The molecule has 162 valence electrons. The fourth-order valence-corrected chi connectivity index (χ4v) is 3.68. The van der Waals surface area contributed by atoms with Crippen molar-refractivity contribution in [2.24, 2.45) is 0 Å². The SMILES string of the molecule is CCc1ccc2[nH]c(=O)c(CN(Cc3ccc(C)cc3)C(=O)Nc3ccccc3)cc2c1. The largest absolute Gasteiger partial charge is 0.322 e. The second kappa shape index (κ2) is 9.52. The van der Waals surface area contributed by atoms with Crippen LogP contribution in [0, 0.1) is 6.92 Å². The van der Waals surface area contributed by atoms with Gasteiger partial charge in [-0.15, -0.1) is 0 Å². The minimum atomic E-state index is -0.251. The van der Waals surface area contributed by atoms with Gasteiger partial charge in [0.15, 0.2) is 0 Å². The summed E-state index contributed by atoms with van der Waals surface area (Å²) in [5.74, 6) is 0. The van der Waals surface area contributed by atoms with Crippen LogP contribution < -0.4 is 10.9 Å². The standard InChI is InChI=1S/C27H27N3O2/c1-3-20-13-14-25-22(15-20)16-23(26(31)29-25)18-30(17-21-11-9-19(2)10-12-21)27(32)28-24-7-5-4-6-8-24/h4-16H,3,17-18H2,1-2H3,(H,28,32)(H,29,31). The van der Waals surface area contributed by atoms with E-state index in [0.29, 0.717) is 17.8 Å². The first-order valence-corrected chi connectivity index (χ1v) is 10.8. The highest BCUT2D eigenvalue weighted by Gasteiger charge is 2.17. The summed E-state index contributed by atoms with van der Waals surface area (Å²) in [6.07, 6.45) is 0.920. The summed E-state index contributed by atoms with van der Waals surface area (Å²) < 4.78 is 0. The predicted molar refractivity (Wildman–Crippen MR) is 130 cm³/mol. The van der Waals surface area contributed by atoms with Crippen molar-refractivity contribution in [1.29, 1.82) is 0 Å². The van der Waals surface area contributed by atoms with Crippen LogP contribution in [-0.2, 0) is 19.5 Å². The number of carbonyl (C=O) groups is 1. The molecule has 0 fully saturated rings. The summed E-state index contributed by atoms with van der Waals surface area (Å²) in [6.45, 7) is 4.73. The molecular weight excluding hydrogens is 398 g/mol. The number of rotatable bonds is 6. The first-order chi connectivity index (χ1) is 15.5. The van der Waals surface area contributed by atoms with Crippen LogP contribution in [0.25, 0.3) is 10.9 Å². The van der Waals surface area contributed by atoms with Gasteiger partial charge in [-0.1, -0.05) is 61.0 Å². The number of nitrogens with zero attached hydrogens (tertiary/aromatic N) is 1. The molecule has 1 aromatic heterocycles. The molecule has 0 spiro atoms. The van der Waals surface area contributed by atoms with E-state index in [1.807, 2.05) is 79.7 Å². The molecule has 4 rings (SSSR count). The first kappa shape index (κ1) is 21.4. The van der Waals surface area contributed by atoms with E-state index in [0.717, 1.165) is 28.5 Å². The second-order valence-corrected chi connectivity index (χ2v) is 8.04. The molecule has 0 saturated heterocycles. The van der Waals surface area contributed by atoms with Crippen molar-refractivity contribution in [2.75, 3.05) is 5.32 Å². The van der Waals surface area contributed by atoms with Gasteiger partial charge in [0.1, 0.15) is 0 Å². The number of nitrogens with one attached hydrogen (secondary N) is 2. The van der Waals surface area contributed by atoms with E-state index < -0.39 is 0 Å². The lowest BCUT2D eigenvalue weighted by atomic mass is 10.1. The average Bonchev–Trinajstić information content (AvgIpc) is 2.80. The van der Waals surface area contributed by atoms with E-state index in [-0.39, 0.29) is 18.1 Å². The number of carbonyl (C=O) groups excluding carboxylic acids is 1. The molecule has 2 amide bonds. The monoisotopic (exact) mass is 425 g/mol. The zero-order valence-electron chi connectivity index (χ0n) is 18.4. The Hall–Kier alpha value is -3.86. The number of pyridine rings is 1. The maximum atomic E-state index is 13.2. The maximum Gasteiger partial charge on any atom is 0.322 e. The van der Waals surface area contributed by atoms with Crippen molar-refractivity contribution >= 4 is 22.6 Å². The number of aromatic nitrogens is 1. The minimum absolute atomic E-state index is 0.178. The van der Waals surface area contributed by atoms with E-state index >= 15 is 0 Å². The van der Waals surface area contributed by atoms with Crippen molar-refractivity contribution in [2.45, 2.75) is 33.4 Å². The molecule has 0 aliphatic heterocycles. The molecule has 2 N–H and O–H groups in total. The molecule has 0 unspecified atom stereocenters. The molecule has 1 heterocycles. The predicted octanol–water partition coefficient (Wildman–Crippen LogP) is 5.63. The maximum absolute atomic E-state index is 13.2. The number of hydrogen-bond donors (Lipinski definition) is 2. The molecule has 0 bridgehead atoms. The molecule has 0 aliphatic carbocycles. The number of para-hydroxylation sites is 1. The summed E-state index contributed by atoms with van der Waals surface area (Å²) >= 11 is 0. The van der Waals surface area contributed by atoms with Crippen molar-refractivity contribution in [3.05, 3.63) is 111 Å². The summed E-state index contributed by atoms with van der Waals surface area (Å²) in [7, 11) is 0. The molecule has 0 saturated carbocycles. The Morgan fingerprint density at radius 2 is 1.62 bits per heavy atom. The highest BCUT2D eigenvalue weighted by atomic mass is 16.2. The number of urea groups is 1. The van der Waals surface area contributed by atoms with Gasteiger partial charge >= 0.3 is 6.03 Å². The average molecular weight is 426 g/mol. The van der Waals surface area contributed by atoms with E-state index in [9.17, 15) is 9.59 Å². The van der Waals surface area contributed by atoms with Crippen molar-refractivity contribution in [1.82, 2.24) is 9.88 Å². The van der Waals surface area contributed by atoms with Gasteiger partial charge in [-0.2, -0.15) is 0 Å². The fourth-order valence-electron chi connectivity index (χ4n) is 3.68. The van der Waals surface area contributed by atoms with Gasteiger partial charge in [-0.25, -0.2) is 4.79 Å². The molecule has 3 aromatic carbocycles. The molecule has 32 heavy (non-hydrogen) atoms. The Labute approximate surface area is 187 Å². The van der Waals surface area contributed by atoms with Crippen LogP contribution in [-0.4, -0.2) is 15.9 Å². The minimum Gasteiger partial charge on any atom is -0.322 e. The Morgan fingerprint density at radius 3 is 2.34 bits per heavy atom. The highest BCUT2D eigenvalue weighted by molar-refractivity contribution is 5.89. The van der Waals surface area contributed by atoms with Crippen molar-refractivity contribution in [3.8, 4) is 0 Å². The zero-order chi connectivity index (χ0) is 22.5. The van der Waals surface area contributed by atoms with Crippen LogP contribution in [0.5, 0.6) is 0 Å². The smallest absolute Gasteiger partial charge is 0.322 e. The molecular formula is C27H27N3O2. The van der Waals surface area contributed by atoms with Gasteiger partial charge < -0.3 is 15.2 Å². The quantitative estimate of drug-likeness (QED) is 0.420. The number of amides is 2. The van der Waals surface area contributed by atoms with Crippen LogP contribution in [0.1, 0.15) is 29.2 Å². The normalized spacial score (nSPS) is 10.8. The van der Waals surface area contributed by atoms with Crippen LogP contribution in [0.2, 0.25) is 0 Å². The molecule has 0 aliphatic rings. The molecule has 5 nitrogen and oxygen atoms in total. The van der Waals surface area contributed by atoms with Crippen LogP contribution in [0.3, 0.4) is 0 Å². The third kappa shape index (κ3) is 5.06. The van der Waals surface area contributed by atoms with Gasteiger partial charge in [0.05, 0.1) is 6.54 Å². The van der Waals surface area contributed by atoms with Crippen LogP contribution in [0.4, 0.5) is 10.5 Å². The number of anilines is 1. The number of aryl methyl sites for hydroxylation is 2. The van der Waals surface area contributed by atoms with Gasteiger partial charge in [-0.05, 0) is 60.2 Å². The van der Waals surface area contributed by atoms with Gasteiger partial charge in [0, 0.05) is 23.3 Å². The van der Waals surface area contributed by atoms with E-state index in [1.54, 1.807) is 4.90 Å². The number of aromatic amines is 1. The van der Waals surface area contributed by atoms with E-state index in [4.69, 9.17) is 0 Å².